The van der Waals surface area contributed by atoms with E-state index in [1.807, 2.05) is 12.1 Å². The Morgan fingerprint density at radius 2 is 1.34 bits per heavy atom. The third-order valence-electron chi connectivity index (χ3n) is 5.76. The van der Waals surface area contributed by atoms with Crippen LogP contribution in [0.25, 0.3) is 0 Å². The number of halogens is 1. The Labute approximate surface area is 170 Å². The molecule has 2 aromatic rings. The third kappa shape index (κ3) is 4.48. The summed E-state index contributed by atoms with van der Waals surface area (Å²) < 4.78 is 13.1. The summed E-state index contributed by atoms with van der Waals surface area (Å²) in [6, 6.07) is 9.78. The molecule has 154 valence electrons. The van der Waals surface area contributed by atoms with Crippen LogP contribution >= 0.6 is 0 Å². The Kier molecular flexibility index (Phi) is 5.89. The number of nitrogens with zero attached hydrogens (tertiary/aromatic N) is 6. The number of hydrogen-bond acceptors (Lipinski definition) is 6. The molecule has 0 radical (unpaired) electrons. The van der Waals surface area contributed by atoms with Gasteiger partial charge < -0.3 is 19.6 Å². The summed E-state index contributed by atoms with van der Waals surface area (Å²) in [5, 5.41) is 8.87. The van der Waals surface area contributed by atoms with E-state index >= 15 is 0 Å². The molecule has 0 atom stereocenters. The van der Waals surface area contributed by atoms with Gasteiger partial charge in [0.25, 0.3) is 5.91 Å². The van der Waals surface area contributed by atoms with Gasteiger partial charge in [0, 0.05) is 57.9 Å². The fourth-order valence-electron chi connectivity index (χ4n) is 3.86. The maximum absolute atomic E-state index is 13.1. The number of rotatable bonds is 4. The molecule has 3 heterocycles. The van der Waals surface area contributed by atoms with Crippen molar-refractivity contribution in [1.29, 1.82) is 0 Å². The molecular formula is C21H27FN6O. The monoisotopic (exact) mass is 398 g/mol. The van der Waals surface area contributed by atoms with Gasteiger partial charge in [0.1, 0.15) is 5.82 Å². The highest BCUT2D eigenvalue weighted by molar-refractivity contribution is 5.94. The number of carbonyl (C=O) groups excluding carboxylic acids is 1. The van der Waals surface area contributed by atoms with Crippen molar-refractivity contribution in [2.45, 2.75) is 6.92 Å². The normalized spacial score (nSPS) is 18.2. The zero-order chi connectivity index (χ0) is 20.2. The molecule has 0 unspecified atom stereocenters. The quantitative estimate of drug-likeness (QED) is 0.782. The Morgan fingerprint density at radius 1 is 0.828 bits per heavy atom. The fraction of sp³-hybridized carbons (Fsp3) is 0.476. The molecule has 0 bridgehead atoms. The van der Waals surface area contributed by atoms with Crippen LogP contribution in [0, 0.1) is 5.82 Å². The van der Waals surface area contributed by atoms with Crippen LogP contribution in [0.2, 0.25) is 0 Å². The van der Waals surface area contributed by atoms with Gasteiger partial charge in [-0.15, -0.1) is 10.2 Å². The van der Waals surface area contributed by atoms with Gasteiger partial charge in [0.2, 0.25) is 0 Å². The van der Waals surface area contributed by atoms with Crippen molar-refractivity contribution in [3.63, 3.8) is 0 Å². The third-order valence-corrected chi connectivity index (χ3v) is 5.76. The lowest BCUT2D eigenvalue weighted by molar-refractivity contribution is 0.0746. The first-order valence-corrected chi connectivity index (χ1v) is 10.2. The average molecular weight is 398 g/mol. The summed E-state index contributed by atoms with van der Waals surface area (Å²) in [7, 11) is 0. The van der Waals surface area contributed by atoms with E-state index in [2.05, 4.69) is 31.8 Å². The van der Waals surface area contributed by atoms with Gasteiger partial charge in [-0.3, -0.25) is 4.79 Å². The van der Waals surface area contributed by atoms with Crippen molar-refractivity contribution in [3.8, 4) is 0 Å². The summed E-state index contributed by atoms with van der Waals surface area (Å²) in [6.07, 6.45) is 0. The lowest BCUT2D eigenvalue weighted by atomic mass is 10.2. The van der Waals surface area contributed by atoms with Gasteiger partial charge >= 0.3 is 0 Å². The van der Waals surface area contributed by atoms with E-state index < -0.39 is 0 Å². The van der Waals surface area contributed by atoms with Crippen LogP contribution in [0.5, 0.6) is 0 Å². The van der Waals surface area contributed by atoms with Crippen LogP contribution in [0.15, 0.2) is 36.4 Å². The van der Waals surface area contributed by atoms with E-state index in [0.29, 0.717) is 31.7 Å². The van der Waals surface area contributed by atoms with Gasteiger partial charge in [-0.1, -0.05) is 6.92 Å². The second kappa shape index (κ2) is 8.73. The highest BCUT2D eigenvalue weighted by Gasteiger charge is 2.23. The number of carbonyl (C=O) groups is 1. The molecule has 29 heavy (non-hydrogen) atoms. The van der Waals surface area contributed by atoms with Gasteiger partial charge in [0.05, 0.1) is 0 Å². The predicted octanol–water partition coefficient (Wildman–Crippen LogP) is 1.72. The van der Waals surface area contributed by atoms with Crippen molar-refractivity contribution in [2.24, 2.45) is 0 Å². The molecule has 2 fully saturated rings. The van der Waals surface area contributed by atoms with E-state index in [1.165, 1.54) is 24.3 Å². The second-order valence-corrected chi connectivity index (χ2v) is 7.46. The van der Waals surface area contributed by atoms with Crippen molar-refractivity contribution in [2.75, 3.05) is 68.7 Å². The van der Waals surface area contributed by atoms with E-state index in [9.17, 15) is 9.18 Å². The molecule has 4 rings (SSSR count). The van der Waals surface area contributed by atoms with Crippen LogP contribution in [0.4, 0.5) is 16.0 Å². The lowest BCUT2D eigenvalue weighted by Gasteiger charge is -2.36. The summed E-state index contributed by atoms with van der Waals surface area (Å²) in [6.45, 7) is 9.99. The van der Waals surface area contributed by atoms with E-state index in [1.54, 1.807) is 4.90 Å². The second-order valence-electron chi connectivity index (χ2n) is 7.46. The maximum Gasteiger partial charge on any atom is 0.253 e. The number of hydrogen-bond donors (Lipinski definition) is 0. The first-order valence-electron chi connectivity index (χ1n) is 10.2. The molecule has 0 aliphatic carbocycles. The molecule has 0 N–H and O–H groups in total. The largest absolute Gasteiger partial charge is 0.353 e. The molecule has 2 saturated heterocycles. The Morgan fingerprint density at radius 3 is 1.83 bits per heavy atom. The summed E-state index contributed by atoms with van der Waals surface area (Å²) in [5.41, 5.74) is 0.521. The zero-order valence-electron chi connectivity index (χ0n) is 16.8. The highest BCUT2D eigenvalue weighted by Crippen LogP contribution is 2.18. The molecule has 0 saturated carbocycles. The minimum absolute atomic E-state index is 0.0581. The van der Waals surface area contributed by atoms with Crippen molar-refractivity contribution >= 4 is 17.5 Å². The summed E-state index contributed by atoms with van der Waals surface area (Å²) >= 11 is 0. The molecule has 2 aliphatic heterocycles. The topological polar surface area (TPSA) is 55.8 Å². The van der Waals surface area contributed by atoms with E-state index in [0.717, 1.165) is 44.4 Å². The summed E-state index contributed by atoms with van der Waals surface area (Å²) in [4.78, 5) is 21.2. The number of amides is 1. The molecule has 2 aliphatic rings. The van der Waals surface area contributed by atoms with Gasteiger partial charge in [-0.2, -0.15) is 0 Å². The first kappa shape index (κ1) is 19.6. The number of benzene rings is 1. The van der Waals surface area contributed by atoms with Gasteiger partial charge in [-0.25, -0.2) is 4.39 Å². The molecule has 0 spiro atoms. The molecular weight excluding hydrogens is 371 g/mol. The average Bonchev–Trinajstić information content (AvgIpc) is 2.79. The van der Waals surface area contributed by atoms with Crippen molar-refractivity contribution in [1.82, 2.24) is 20.0 Å². The van der Waals surface area contributed by atoms with Crippen LogP contribution < -0.4 is 9.80 Å². The zero-order valence-corrected chi connectivity index (χ0v) is 16.8. The minimum Gasteiger partial charge on any atom is -0.353 e. The number of anilines is 2. The highest BCUT2D eigenvalue weighted by atomic mass is 19.1. The van der Waals surface area contributed by atoms with Crippen LogP contribution in [-0.2, 0) is 0 Å². The number of piperazine rings is 2. The SMILES string of the molecule is CCN1CCN(c2ccc(N3CCN(C(=O)c4ccc(F)cc4)CC3)nn2)CC1. The number of aromatic nitrogens is 2. The smallest absolute Gasteiger partial charge is 0.253 e. The molecule has 1 aromatic heterocycles. The predicted molar refractivity (Wildman–Crippen MR) is 111 cm³/mol. The van der Waals surface area contributed by atoms with Crippen LogP contribution in [0.1, 0.15) is 17.3 Å². The van der Waals surface area contributed by atoms with E-state index in [4.69, 9.17) is 0 Å². The van der Waals surface area contributed by atoms with Crippen molar-refractivity contribution in [3.05, 3.63) is 47.8 Å². The van der Waals surface area contributed by atoms with Gasteiger partial charge in [-0.05, 0) is 42.9 Å². The minimum atomic E-state index is -0.333. The first-order chi connectivity index (χ1) is 14.1. The van der Waals surface area contributed by atoms with Crippen LogP contribution in [-0.4, -0.2) is 84.8 Å². The molecule has 7 nitrogen and oxygen atoms in total. The molecule has 8 heteroatoms. The Hall–Kier alpha value is -2.74. The lowest BCUT2D eigenvalue weighted by Crippen LogP contribution is -2.49. The maximum atomic E-state index is 13.1. The molecule has 1 aromatic carbocycles. The fourth-order valence-corrected chi connectivity index (χ4v) is 3.86. The number of likely N-dealkylation sites (N-methyl/N-ethyl adjacent to an activating group) is 1. The van der Waals surface area contributed by atoms with Crippen molar-refractivity contribution < 1.29 is 9.18 Å². The van der Waals surface area contributed by atoms with E-state index in [-0.39, 0.29) is 11.7 Å². The van der Waals surface area contributed by atoms with Gasteiger partial charge in [0.15, 0.2) is 11.6 Å². The Balaban J connectivity index is 1.32. The van der Waals surface area contributed by atoms with Crippen LogP contribution in [0.3, 0.4) is 0 Å². The summed E-state index contributed by atoms with van der Waals surface area (Å²) in [5.74, 6) is 1.38. The Bertz CT molecular complexity index is 812. The molecule has 1 amide bonds. The standard InChI is InChI=1S/C21H27FN6O/c1-2-25-9-11-26(12-10-25)19-7-8-20(24-23-19)27-13-15-28(16-14-27)21(29)17-3-5-18(22)6-4-17/h3-8H,2,9-16H2,1H3.